The van der Waals surface area contributed by atoms with Gasteiger partial charge in [-0.1, -0.05) is 17.7 Å². The maximum Gasteiger partial charge on any atom is 0.220 e. The summed E-state index contributed by atoms with van der Waals surface area (Å²) in [6.45, 7) is 2.63. The molecule has 0 aliphatic carbocycles. The van der Waals surface area contributed by atoms with Crippen LogP contribution in [0.4, 0.5) is 0 Å². The minimum absolute atomic E-state index is 0.133. The molecule has 4 heteroatoms. The zero-order valence-electron chi connectivity index (χ0n) is 9.23. The van der Waals surface area contributed by atoms with Gasteiger partial charge in [0.25, 0.3) is 0 Å². The predicted octanol–water partition coefficient (Wildman–Crippen LogP) is 2.30. The summed E-state index contributed by atoms with van der Waals surface area (Å²) in [5.41, 5.74) is 1.24. The van der Waals surface area contributed by atoms with Crippen LogP contribution in [0, 0.1) is 6.92 Å². The molecule has 0 bridgehead atoms. The monoisotopic (exact) mass is 237 g/mol. The highest BCUT2D eigenvalue weighted by Gasteiger charge is 2.20. The molecule has 0 saturated carbocycles. The Bertz CT molecular complexity index is 364. The topological polar surface area (TPSA) is 38.3 Å². The molecule has 1 aromatic carbocycles. The van der Waals surface area contributed by atoms with Crippen molar-refractivity contribution < 1.29 is 8.98 Å². The van der Waals surface area contributed by atoms with E-state index in [4.69, 9.17) is 4.18 Å². The van der Waals surface area contributed by atoms with Crippen molar-refractivity contribution in [1.82, 2.24) is 5.32 Å². The van der Waals surface area contributed by atoms with Crippen molar-refractivity contribution in [2.45, 2.75) is 30.7 Å². The molecule has 1 amide bonds. The molecule has 0 spiro atoms. The van der Waals surface area contributed by atoms with Crippen LogP contribution in [0.25, 0.3) is 0 Å². The molecule has 0 radical (unpaired) electrons. The van der Waals surface area contributed by atoms with E-state index in [1.807, 2.05) is 12.1 Å². The van der Waals surface area contributed by atoms with Crippen molar-refractivity contribution in [2.75, 3.05) is 6.61 Å². The third kappa shape index (κ3) is 3.25. The van der Waals surface area contributed by atoms with Crippen LogP contribution < -0.4 is 5.32 Å². The summed E-state index contributed by atoms with van der Waals surface area (Å²) in [6.07, 6.45) is 1.51. The average Bonchev–Trinajstić information content (AvgIpc) is 2.67. The second kappa shape index (κ2) is 5.37. The first kappa shape index (κ1) is 11.5. The zero-order chi connectivity index (χ0) is 11.4. The molecule has 1 aliphatic rings. The summed E-state index contributed by atoms with van der Waals surface area (Å²) in [5, 5.41) is 2.87. The third-order valence-corrected chi connectivity index (χ3v) is 3.25. The van der Waals surface area contributed by atoms with Crippen LogP contribution in [0.3, 0.4) is 0 Å². The third-order valence-electron chi connectivity index (χ3n) is 2.53. The lowest BCUT2D eigenvalue weighted by Gasteiger charge is -2.09. The number of amides is 1. The molecular formula is C12H15NO2S. The fourth-order valence-corrected chi connectivity index (χ4v) is 2.20. The highest BCUT2D eigenvalue weighted by atomic mass is 32.2. The maximum atomic E-state index is 11.0. The molecule has 0 aromatic heterocycles. The quantitative estimate of drug-likeness (QED) is 0.817. The number of benzene rings is 1. The standard InChI is InChI=1S/C12H15NO2S/c1-9-2-5-11(6-3-9)16-15-8-10-4-7-12(14)13-10/h2-3,5-6,10H,4,7-8H2,1H3,(H,13,14)/t10-/m0/s1. The molecule has 0 unspecified atom stereocenters. The summed E-state index contributed by atoms with van der Waals surface area (Å²) >= 11 is 1.37. The maximum absolute atomic E-state index is 11.0. The van der Waals surface area contributed by atoms with E-state index in [0.717, 1.165) is 11.3 Å². The number of carbonyl (C=O) groups is 1. The van der Waals surface area contributed by atoms with Crippen molar-refractivity contribution in [3.05, 3.63) is 29.8 Å². The van der Waals surface area contributed by atoms with Crippen LogP contribution in [0.5, 0.6) is 0 Å². The summed E-state index contributed by atoms with van der Waals surface area (Å²) < 4.78 is 5.49. The largest absolute Gasteiger partial charge is 0.351 e. The van der Waals surface area contributed by atoms with Crippen LogP contribution in [-0.4, -0.2) is 18.6 Å². The molecular weight excluding hydrogens is 222 g/mol. The fraction of sp³-hybridized carbons (Fsp3) is 0.417. The van der Waals surface area contributed by atoms with Gasteiger partial charge in [0.05, 0.1) is 12.6 Å². The van der Waals surface area contributed by atoms with E-state index < -0.39 is 0 Å². The van der Waals surface area contributed by atoms with Gasteiger partial charge >= 0.3 is 0 Å². The molecule has 86 valence electrons. The Balaban J connectivity index is 1.72. The first-order valence-corrected chi connectivity index (χ1v) is 6.14. The van der Waals surface area contributed by atoms with E-state index in [9.17, 15) is 4.79 Å². The van der Waals surface area contributed by atoms with Gasteiger partial charge in [0.1, 0.15) is 0 Å². The zero-order valence-corrected chi connectivity index (χ0v) is 10.0. The Morgan fingerprint density at radius 1 is 1.44 bits per heavy atom. The van der Waals surface area contributed by atoms with Gasteiger partial charge < -0.3 is 9.50 Å². The molecule has 1 aliphatic heterocycles. The van der Waals surface area contributed by atoms with Gasteiger partial charge in [-0.2, -0.15) is 0 Å². The summed E-state index contributed by atoms with van der Waals surface area (Å²) in [4.78, 5) is 12.0. The summed E-state index contributed by atoms with van der Waals surface area (Å²) in [5.74, 6) is 0.133. The SMILES string of the molecule is Cc1ccc(SOC[C@@H]2CCC(=O)N2)cc1. The molecule has 1 aromatic rings. The number of nitrogens with one attached hydrogen (secondary N) is 1. The van der Waals surface area contributed by atoms with E-state index >= 15 is 0 Å². The average molecular weight is 237 g/mol. The lowest BCUT2D eigenvalue weighted by Crippen LogP contribution is -2.28. The lowest BCUT2D eigenvalue weighted by molar-refractivity contribution is -0.119. The lowest BCUT2D eigenvalue weighted by atomic mass is 10.2. The number of hydrogen-bond acceptors (Lipinski definition) is 3. The Labute approximate surface area is 99.8 Å². The molecule has 1 N–H and O–H groups in total. The Morgan fingerprint density at radius 3 is 2.81 bits per heavy atom. The van der Waals surface area contributed by atoms with Crippen molar-refractivity contribution in [3.63, 3.8) is 0 Å². The highest BCUT2D eigenvalue weighted by Crippen LogP contribution is 2.20. The van der Waals surface area contributed by atoms with Crippen LogP contribution in [0.2, 0.25) is 0 Å². The van der Waals surface area contributed by atoms with Gasteiger partial charge in [0, 0.05) is 23.4 Å². The molecule has 1 atom stereocenters. The van der Waals surface area contributed by atoms with E-state index in [1.165, 1.54) is 17.6 Å². The van der Waals surface area contributed by atoms with Crippen molar-refractivity contribution in [1.29, 1.82) is 0 Å². The first-order chi connectivity index (χ1) is 7.74. The van der Waals surface area contributed by atoms with E-state index in [2.05, 4.69) is 24.4 Å². The highest BCUT2D eigenvalue weighted by molar-refractivity contribution is 7.94. The minimum atomic E-state index is 0.133. The minimum Gasteiger partial charge on any atom is -0.351 e. The predicted molar refractivity (Wildman–Crippen MR) is 64.2 cm³/mol. The van der Waals surface area contributed by atoms with Crippen LogP contribution in [0.1, 0.15) is 18.4 Å². The molecule has 1 fully saturated rings. The van der Waals surface area contributed by atoms with E-state index in [0.29, 0.717) is 13.0 Å². The molecule has 1 heterocycles. The normalized spacial score (nSPS) is 19.8. The van der Waals surface area contributed by atoms with Gasteiger partial charge in [-0.05, 0) is 25.5 Å². The molecule has 3 nitrogen and oxygen atoms in total. The Morgan fingerprint density at radius 2 is 2.19 bits per heavy atom. The first-order valence-electron chi connectivity index (χ1n) is 5.39. The summed E-state index contributed by atoms with van der Waals surface area (Å²) in [7, 11) is 0. The van der Waals surface area contributed by atoms with Gasteiger partial charge in [-0.25, -0.2) is 0 Å². The van der Waals surface area contributed by atoms with Gasteiger partial charge in [0.15, 0.2) is 0 Å². The van der Waals surface area contributed by atoms with Crippen LogP contribution >= 0.6 is 12.0 Å². The second-order valence-electron chi connectivity index (χ2n) is 3.98. The molecule has 16 heavy (non-hydrogen) atoms. The van der Waals surface area contributed by atoms with Crippen molar-refractivity contribution in [2.24, 2.45) is 0 Å². The molecule has 2 rings (SSSR count). The second-order valence-corrected chi connectivity index (χ2v) is 4.86. The molecule has 1 saturated heterocycles. The van der Waals surface area contributed by atoms with Crippen molar-refractivity contribution in [3.8, 4) is 0 Å². The van der Waals surface area contributed by atoms with Gasteiger partial charge in [-0.15, -0.1) is 0 Å². The number of hydrogen-bond donors (Lipinski definition) is 1. The summed E-state index contributed by atoms with van der Waals surface area (Å²) in [6, 6.07) is 8.37. The Hall–Kier alpha value is -1.00. The van der Waals surface area contributed by atoms with E-state index in [-0.39, 0.29) is 11.9 Å². The van der Waals surface area contributed by atoms with Gasteiger partial charge in [-0.3, -0.25) is 4.79 Å². The van der Waals surface area contributed by atoms with Crippen LogP contribution in [0.15, 0.2) is 29.2 Å². The fourth-order valence-electron chi connectivity index (χ4n) is 1.58. The van der Waals surface area contributed by atoms with Crippen molar-refractivity contribution >= 4 is 17.9 Å². The van der Waals surface area contributed by atoms with Crippen LogP contribution in [-0.2, 0) is 8.98 Å². The van der Waals surface area contributed by atoms with Gasteiger partial charge in [0.2, 0.25) is 5.91 Å². The smallest absolute Gasteiger partial charge is 0.220 e. The number of rotatable bonds is 4. The number of aryl methyl sites for hydroxylation is 1. The number of carbonyl (C=O) groups excluding carboxylic acids is 1. The van der Waals surface area contributed by atoms with E-state index in [1.54, 1.807) is 0 Å². The Kier molecular flexibility index (Phi) is 3.85.